The number of hydrogen-bond donors (Lipinski definition) is 1. The van der Waals surface area contributed by atoms with E-state index in [1.54, 1.807) is 31.2 Å². The van der Waals surface area contributed by atoms with E-state index < -0.39 is 17.6 Å². The SMILES string of the molecule is CC(=O)Oc1ccc2c(C)c(CC(=O)NCc3ccc4c(c3)OCO4)c(=O)oc2c1OC(C)=O. The van der Waals surface area contributed by atoms with E-state index in [2.05, 4.69) is 5.32 Å². The van der Waals surface area contributed by atoms with Crippen LogP contribution in [0.25, 0.3) is 11.0 Å². The average Bonchev–Trinajstić information content (AvgIpc) is 3.24. The molecule has 10 nitrogen and oxygen atoms in total. The molecule has 0 fully saturated rings. The van der Waals surface area contributed by atoms with E-state index in [1.165, 1.54) is 19.9 Å². The Balaban J connectivity index is 1.59. The van der Waals surface area contributed by atoms with Gasteiger partial charge < -0.3 is 28.7 Å². The fourth-order valence-electron chi connectivity index (χ4n) is 3.57. The molecule has 0 saturated carbocycles. The third-order valence-corrected chi connectivity index (χ3v) is 5.14. The van der Waals surface area contributed by atoms with Crippen LogP contribution >= 0.6 is 0 Å². The number of esters is 2. The predicted molar refractivity (Wildman–Crippen MR) is 118 cm³/mol. The van der Waals surface area contributed by atoms with Crippen molar-refractivity contribution < 1.29 is 37.7 Å². The van der Waals surface area contributed by atoms with E-state index in [1.807, 2.05) is 0 Å². The van der Waals surface area contributed by atoms with Crippen LogP contribution in [-0.2, 0) is 27.3 Å². The van der Waals surface area contributed by atoms with Crippen LogP contribution < -0.4 is 29.9 Å². The number of carbonyl (C=O) groups excluding carboxylic acids is 3. The van der Waals surface area contributed by atoms with Gasteiger partial charge in [0.2, 0.25) is 18.4 Å². The molecule has 1 N–H and O–H groups in total. The number of rotatable bonds is 6. The maximum atomic E-state index is 12.7. The first-order valence-corrected chi connectivity index (χ1v) is 10.3. The van der Waals surface area contributed by atoms with E-state index >= 15 is 0 Å². The molecular formula is C24H21NO9. The van der Waals surface area contributed by atoms with Gasteiger partial charge >= 0.3 is 17.6 Å². The number of carbonyl (C=O) groups is 3. The zero-order valence-corrected chi connectivity index (χ0v) is 18.7. The van der Waals surface area contributed by atoms with Gasteiger partial charge in [-0.15, -0.1) is 0 Å². The average molecular weight is 467 g/mol. The van der Waals surface area contributed by atoms with Gasteiger partial charge in [-0.2, -0.15) is 0 Å². The summed E-state index contributed by atoms with van der Waals surface area (Å²) in [7, 11) is 0. The summed E-state index contributed by atoms with van der Waals surface area (Å²) in [4.78, 5) is 48.3. The third kappa shape index (κ3) is 4.70. The van der Waals surface area contributed by atoms with E-state index in [0.717, 1.165) is 5.56 Å². The van der Waals surface area contributed by atoms with Crippen LogP contribution in [-0.4, -0.2) is 24.6 Å². The normalized spacial score (nSPS) is 11.9. The molecule has 1 aromatic heterocycles. The first-order valence-electron chi connectivity index (χ1n) is 10.3. The third-order valence-electron chi connectivity index (χ3n) is 5.14. The second-order valence-electron chi connectivity index (χ2n) is 7.59. The largest absolute Gasteiger partial charge is 0.454 e. The molecule has 1 amide bonds. The highest BCUT2D eigenvalue weighted by Gasteiger charge is 2.22. The van der Waals surface area contributed by atoms with Gasteiger partial charge in [0.25, 0.3) is 0 Å². The predicted octanol–water partition coefficient (Wildman–Crippen LogP) is 2.54. The molecule has 1 aliphatic rings. The van der Waals surface area contributed by atoms with E-state index in [4.69, 9.17) is 23.4 Å². The second kappa shape index (κ2) is 9.26. The van der Waals surface area contributed by atoms with Crippen molar-refractivity contribution >= 4 is 28.8 Å². The summed E-state index contributed by atoms with van der Waals surface area (Å²) in [5, 5.41) is 3.20. The second-order valence-corrected chi connectivity index (χ2v) is 7.59. The Bertz CT molecular complexity index is 1370. The lowest BCUT2D eigenvalue weighted by Crippen LogP contribution is -2.27. The first kappa shape index (κ1) is 22.8. The smallest absolute Gasteiger partial charge is 0.340 e. The molecule has 0 atom stereocenters. The van der Waals surface area contributed by atoms with Gasteiger partial charge in [0.15, 0.2) is 22.8 Å². The summed E-state index contributed by atoms with van der Waals surface area (Å²) in [6.45, 7) is 4.40. The van der Waals surface area contributed by atoms with Crippen molar-refractivity contribution in [3.63, 3.8) is 0 Å². The topological polar surface area (TPSA) is 130 Å². The van der Waals surface area contributed by atoms with E-state index in [0.29, 0.717) is 22.4 Å². The van der Waals surface area contributed by atoms with Gasteiger partial charge in [-0.1, -0.05) is 6.07 Å². The van der Waals surface area contributed by atoms with Gasteiger partial charge in [0, 0.05) is 25.8 Å². The summed E-state index contributed by atoms with van der Waals surface area (Å²) in [5.41, 5.74) is 0.624. The molecule has 10 heteroatoms. The van der Waals surface area contributed by atoms with Gasteiger partial charge in [-0.25, -0.2) is 4.79 Å². The van der Waals surface area contributed by atoms with Crippen LogP contribution in [0.3, 0.4) is 0 Å². The van der Waals surface area contributed by atoms with Crippen LogP contribution in [0.4, 0.5) is 0 Å². The molecule has 2 aromatic carbocycles. The summed E-state index contributed by atoms with van der Waals surface area (Å²) in [5.74, 6) is -0.704. The fourth-order valence-corrected chi connectivity index (χ4v) is 3.57. The van der Waals surface area contributed by atoms with Crippen molar-refractivity contribution in [2.45, 2.75) is 33.7 Å². The van der Waals surface area contributed by atoms with Crippen molar-refractivity contribution in [1.29, 1.82) is 0 Å². The van der Waals surface area contributed by atoms with E-state index in [9.17, 15) is 19.2 Å². The molecule has 0 saturated heterocycles. The zero-order chi connectivity index (χ0) is 24.4. The Morgan fingerprint density at radius 2 is 1.74 bits per heavy atom. The first-order chi connectivity index (χ1) is 16.2. The van der Waals surface area contributed by atoms with Gasteiger partial charge in [-0.3, -0.25) is 14.4 Å². The molecule has 2 heterocycles. The molecule has 34 heavy (non-hydrogen) atoms. The standard InChI is InChI=1S/C24H21NO9/c1-12-16-5-7-19(32-13(2)26)23(33-14(3)27)22(16)34-24(29)17(12)9-21(28)25-10-15-4-6-18-20(8-15)31-11-30-18/h4-8H,9-11H2,1-3H3,(H,25,28). The van der Waals surface area contributed by atoms with Crippen LogP contribution in [0.1, 0.15) is 30.5 Å². The Kier molecular flexibility index (Phi) is 6.22. The lowest BCUT2D eigenvalue weighted by atomic mass is 10.0. The minimum Gasteiger partial charge on any atom is -0.454 e. The Morgan fingerprint density at radius 1 is 1.00 bits per heavy atom. The molecule has 0 spiro atoms. The lowest BCUT2D eigenvalue weighted by molar-refractivity contribution is -0.134. The lowest BCUT2D eigenvalue weighted by Gasteiger charge is -2.13. The maximum absolute atomic E-state index is 12.7. The Hall–Kier alpha value is -4.34. The summed E-state index contributed by atoms with van der Waals surface area (Å²) in [6, 6.07) is 8.33. The van der Waals surface area contributed by atoms with Gasteiger partial charge in [0.05, 0.1) is 12.0 Å². The molecule has 4 rings (SSSR count). The van der Waals surface area contributed by atoms with Gasteiger partial charge in [0.1, 0.15) is 0 Å². The molecule has 0 unspecified atom stereocenters. The molecule has 3 aromatic rings. The number of nitrogens with one attached hydrogen (secondary N) is 1. The number of fused-ring (bicyclic) bond motifs is 2. The Morgan fingerprint density at radius 3 is 2.47 bits per heavy atom. The molecule has 1 aliphatic heterocycles. The highest BCUT2D eigenvalue weighted by molar-refractivity contribution is 5.92. The highest BCUT2D eigenvalue weighted by atomic mass is 16.7. The molecule has 0 aliphatic carbocycles. The number of aryl methyl sites for hydroxylation is 1. The van der Waals surface area contributed by atoms with E-state index in [-0.39, 0.29) is 48.3 Å². The molecular weight excluding hydrogens is 446 g/mol. The highest BCUT2D eigenvalue weighted by Crippen LogP contribution is 2.37. The van der Waals surface area contributed by atoms with Crippen LogP contribution in [0.15, 0.2) is 39.5 Å². The Labute approximate surface area is 193 Å². The number of hydrogen-bond acceptors (Lipinski definition) is 9. The summed E-state index contributed by atoms with van der Waals surface area (Å²) < 4.78 is 26.2. The molecule has 0 radical (unpaired) electrons. The number of amides is 1. The fraction of sp³-hybridized carbons (Fsp3) is 0.250. The van der Waals surface area contributed by atoms with Crippen molar-refractivity contribution in [3.8, 4) is 23.0 Å². The quantitative estimate of drug-likeness (QED) is 0.330. The molecule has 0 bridgehead atoms. The molecule has 176 valence electrons. The minimum absolute atomic E-state index is 0.0547. The van der Waals surface area contributed by atoms with Crippen molar-refractivity contribution in [1.82, 2.24) is 5.32 Å². The summed E-state index contributed by atoms with van der Waals surface area (Å²) in [6.07, 6.45) is -0.219. The zero-order valence-electron chi connectivity index (χ0n) is 18.7. The van der Waals surface area contributed by atoms with Crippen LogP contribution in [0.2, 0.25) is 0 Å². The number of benzene rings is 2. The van der Waals surface area contributed by atoms with Crippen molar-refractivity contribution in [3.05, 3.63) is 57.4 Å². The monoisotopic (exact) mass is 467 g/mol. The number of ether oxygens (including phenoxy) is 4. The van der Waals surface area contributed by atoms with Crippen molar-refractivity contribution in [2.24, 2.45) is 0 Å². The maximum Gasteiger partial charge on any atom is 0.340 e. The summed E-state index contributed by atoms with van der Waals surface area (Å²) >= 11 is 0. The van der Waals surface area contributed by atoms with Crippen LogP contribution in [0.5, 0.6) is 23.0 Å². The van der Waals surface area contributed by atoms with Crippen LogP contribution in [0, 0.1) is 6.92 Å². The minimum atomic E-state index is -0.767. The van der Waals surface area contributed by atoms with Gasteiger partial charge in [-0.05, 0) is 42.3 Å². The van der Waals surface area contributed by atoms with Crippen molar-refractivity contribution in [2.75, 3.05) is 6.79 Å².